The van der Waals surface area contributed by atoms with E-state index in [4.69, 9.17) is 4.74 Å². The lowest BCUT2D eigenvalue weighted by molar-refractivity contribution is -0.0636. The van der Waals surface area contributed by atoms with Gasteiger partial charge in [-0.1, -0.05) is 24.3 Å². The highest BCUT2D eigenvalue weighted by Gasteiger charge is 2.38. The molecule has 24 heavy (non-hydrogen) atoms. The summed E-state index contributed by atoms with van der Waals surface area (Å²) in [5.41, 5.74) is 1.85. The summed E-state index contributed by atoms with van der Waals surface area (Å²) in [5, 5.41) is 19.9. The summed E-state index contributed by atoms with van der Waals surface area (Å²) in [5.74, 6) is 0.206. The van der Waals surface area contributed by atoms with Crippen molar-refractivity contribution in [2.75, 3.05) is 19.8 Å². The van der Waals surface area contributed by atoms with E-state index in [9.17, 15) is 10.4 Å². The second-order valence-corrected chi connectivity index (χ2v) is 7.67. The lowest BCUT2D eigenvalue weighted by Crippen LogP contribution is -2.46. The second kappa shape index (κ2) is 7.23. The molecular weight excluding hydrogens is 300 g/mol. The molecule has 2 saturated heterocycles. The van der Waals surface area contributed by atoms with Gasteiger partial charge in [0, 0.05) is 25.1 Å². The number of nitrogens with zero attached hydrogens (tertiary/aromatic N) is 2. The first-order chi connectivity index (χ1) is 11.5. The van der Waals surface area contributed by atoms with Crippen LogP contribution in [-0.4, -0.2) is 41.9 Å². The van der Waals surface area contributed by atoms with Crippen LogP contribution >= 0.6 is 0 Å². The average Bonchev–Trinajstić information content (AvgIpc) is 3.03. The fraction of sp³-hybridized carbons (Fsp3) is 0.650. The minimum absolute atomic E-state index is 0.206. The quantitative estimate of drug-likeness (QED) is 0.923. The minimum atomic E-state index is -0.487. The smallest absolute Gasteiger partial charge is 0.0769 e. The molecule has 3 atom stereocenters. The Morgan fingerprint density at radius 3 is 2.88 bits per heavy atom. The molecule has 0 aliphatic carbocycles. The number of rotatable bonds is 4. The standard InChI is InChI=1S/C20H28N2O2/c1-20(2,14-21)17-7-4-3-6-15(17)12-22-10-5-8-18(22)16-13-24-11-9-19(16)23/h3-4,6-7,16,18-19,23H,5,8-13H2,1-2H3/t16-,18-,19+/m1/s1. The van der Waals surface area contributed by atoms with E-state index in [1.54, 1.807) is 0 Å². The van der Waals surface area contributed by atoms with Crippen LogP contribution in [0.1, 0.15) is 44.2 Å². The van der Waals surface area contributed by atoms with Gasteiger partial charge in [0.05, 0.1) is 24.2 Å². The summed E-state index contributed by atoms with van der Waals surface area (Å²) in [6.07, 6.45) is 2.77. The molecule has 0 amide bonds. The molecule has 130 valence electrons. The number of benzene rings is 1. The number of likely N-dealkylation sites (tertiary alicyclic amines) is 1. The van der Waals surface area contributed by atoms with Crippen molar-refractivity contribution in [2.24, 2.45) is 5.92 Å². The molecule has 2 aliphatic rings. The lowest BCUT2D eigenvalue weighted by atomic mass is 9.83. The van der Waals surface area contributed by atoms with Crippen LogP contribution in [0.4, 0.5) is 0 Å². The molecule has 0 radical (unpaired) electrons. The number of ether oxygens (including phenoxy) is 1. The first kappa shape index (κ1) is 17.4. The van der Waals surface area contributed by atoms with Crippen molar-refractivity contribution >= 4 is 0 Å². The summed E-state index contributed by atoms with van der Waals surface area (Å²) < 4.78 is 5.63. The van der Waals surface area contributed by atoms with Crippen molar-refractivity contribution in [3.63, 3.8) is 0 Å². The third-order valence-electron chi connectivity index (χ3n) is 5.61. The highest BCUT2D eigenvalue weighted by atomic mass is 16.5. The summed E-state index contributed by atoms with van der Waals surface area (Å²) in [4.78, 5) is 2.48. The molecule has 0 unspecified atom stereocenters. The summed E-state index contributed by atoms with van der Waals surface area (Å²) in [6, 6.07) is 11.1. The van der Waals surface area contributed by atoms with Crippen molar-refractivity contribution in [2.45, 2.75) is 57.2 Å². The zero-order chi connectivity index (χ0) is 17.2. The van der Waals surface area contributed by atoms with Crippen LogP contribution in [0.25, 0.3) is 0 Å². The van der Waals surface area contributed by atoms with Gasteiger partial charge in [-0.15, -0.1) is 0 Å². The van der Waals surface area contributed by atoms with Gasteiger partial charge in [0.1, 0.15) is 0 Å². The van der Waals surface area contributed by atoms with Crippen LogP contribution in [0.2, 0.25) is 0 Å². The van der Waals surface area contributed by atoms with Crippen molar-refractivity contribution < 1.29 is 9.84 Å². The maximum Gasteiger partial charge on any atom is 0.0769 e. The van der Waals surface area contributed by atoms with E-state index in [2.05, 4.69) is 29.2 Å². The number of nitriles is 1. The van der Waals surface area contributed by atoms with Crippen LogP contribution in [-0.2, 0) is 16.7 Å². The Morgan fingerprint density at radius 2 is 2.12 bits per heavy atom. The Bertz CT molecular complexity index is 608. The zero-order valence-electron chi connectivity index (χ0n) is 14.7. The molecule has 1 N–H and O–H groups in total. The first-order valence-corrected chi connectivity index (χ1v) is 9.02. The Balaban J connectivity index is 1.80. The highest BCUT2D eigenvalue weighted by molar-refractivity contribution is 5.37. The normalized spacial score (nSPS) is 28.7. The summed E-state index contributed by atoms with van der Waals surface area (Å²) in [7, 11) is 0. The van der Waals surface area contributed by atoms with Crippen LogP contribution < -0.4 is 0 Å². The van der Waals surface area contributed by atoms with E-state index in [0.29, 0.717) is 19.3 Å². The molecule has 2 fully saturated rings. The molecule has 2 heterocycles. The Hall–Kier alpha value is -1.41. The zero-order valence-corrected chi connectivity index (χ0v) is 14.7. The molecule has 0 aromatic heterocycles. The van der Waals surface area contributed by atoms with Crippen LogP contribution in [0, 0.1) is 17.2 Å². The topological polar surface area (TPSA) is 56.5 Å². The van der Waals surface area contributed by atoms with Gasteiger partial charge in [-0.3, -0.25) is 4.90 Å². The monoisotopic (exact) mass is 328 g/mol. The molecule has 4 heteroatoms. The van der Waals surface area contributed by atoms with Crippen molar-refractivity contribution in [3.8, 4) is 6.07 Å². The number of hydrogen-bond donors (Lipinski definition) is 1. The fourth-order valence-corrected chi connectivity index (χ4v) is 4.20. The Morgan fingerprint density at radius 1 is 1.33 bits per heavy atom. The predicted molar refractivity (Wildman–Crippen MR) is 93.4 cm³/mol. The van der Waals surface area contributed by atoms with E-state index < -0.39 is 5.41 Å². The molecule has 1 aromatic carbocycles. The van der Waals surface area contributed by atoms with Crippen LogP contribution in [0.5, 0.6) is 0 Å². The van der Waals surface area contributed by atoms with E-state index >= 15 is 0 Å². The number of aliphatic hydroxyl groups is 1. The van der Waals surface area contributed by atoms with E-state index in [1.165, 1.54) is 5.56 Å². The van der Waals surface area contributed by atoms with Gasteiger partial charge in [0.15, 0.2) is 0 Å². The van der Waals surface area contributed by atoms with Gasteiger partial charge in [-0.05, 0) is 50.8 Å². The summed E-state index contributed by atoms with van der Waals surface area (Å²) in [6.45, 7) is 7.18. The third kappa shape index (κ3) is 3.49. The molecule has 4 nitrogen and oxygen atoms in total. The van der Waals surface area contributed by atoms with Crippen molar-refractivity contribution in [3.05, 3.63) is 35.4 Å². The van der Waals surface area contributed by atoms with Gasteiger partial charge < -0.3 is 9.84 Å². The highest BCUT2D eigenvalue weighted by Crippen LogP contribution is 2.33. The maximum atomic E-state index is 10.4. The van der Waals surface area contributed by atoms with Crippen molar-refractivity contribution in [1.29, 1.82) is 5.26 Å². The van der Waals surface area contributed by atoms with Gasteiger partial charge in [0.25, 0.3) is 0 Å². The van der Waals surface area contributed by atoms with Gasteiger partial charge in [-0.2, -0.15) is 5.26 Å². The van der Waals surface area contributed by atoms with Gasteiger partial charge >= 0.3 is 0 Å². The Labute approximate surface area is 145 Å². The van der Waals surface area contributed by atoms with Crippen molar-refractivity contribution in [1.82, 2.24) is 4.90 Å². The largest absolute Gasteiger partial charge is 0.393 e. The third-order valence-corrected chi connectivity index (χ3v) is 5.61. The number of aliphatic hydroxyl groups excluding tert-OH is 1. The maximum absolute atomic E-state index is 10.4. The SMILES string of the molecule is CC(C)(C#N)c1ccccc1CN1CCC[C@@H]1[C@H]1COCC[C@@H]1O. The molecule has 2 aliphatic heterocycles. The van der Waals surface area contributed by atoms with E-state index in [0.717, 1.165) is 37.9 Å². The molecule has 1 aromatic rings. The second-order valence-electron chi connectivity index (χ2n) is 7.67. The van der Waals surface area contributed by atoms with E-state index in [-0.39, 0.29) is 12.0 Å². The Kier molecular flexibility index (Phi) is 5.24. The average molecular weight is 328 g/mol. The van der Waals surface area contributed by atoms with Gasteiger partial charge in [0.2, 0.25) is 0 Å². The predicted octanol–water partition coefficient (Wildman–Crippen LogP) is 2.85. The van der Waals surface area contributed by atoms with Crippen LogP contribution in [0.3, 0.4) is 0 Å². The fourth-order valence-electron chi connectivity index (χ4n) is 4.20. The minimum Gasteiger partial charge on any atom is -0.393 e. The van der Waals surface area contributed by atoms with Crippen LogP contribution in [0.15, 0.2) is 24.3 Å². The molecular formula is C20H28N2O2. The molecule has 0 bridgehead atoms. The van der Waals surface area contributed by atoms with E-state index in [1.807, 2.05) is 19.9 Å². The molecule has 0 spiro atoms. The molecule has 3 rings (SSSR count). The number of hydrogen-bond acceptors (Lipinski definition) is 4. The lowest BCUT2D eigenvalue weighted by Gasteiger charge is -2.37. The van der Waals surface area contributed by atoms with Gasteiger partial charge in [-0.25, -0.2) is 0 Å². The summed E-state index contributed by atoms with van der Waals surface area (Å²) >= 11 is 0. The first-order valence-electron chi connectivity index (χ1n) is 9.02. The molecule has 0 saturated carbocycles.